The highest BCUT2D eigenvalue weighted by Gasteiger charge is 2.30. The molecule has 1 aliphatic heterocycles. The van der Waals surface area contributed by atoms with E-state index in [1.165, 1.54) is 6.08 Å². The van der Waals surface area contributed by atoms with Crippen LogP contribution in [0.1, 0.15) is 38.7 Å². The molecule has 4 rings (SSSR count). The number of aromatic nitrogens is 2. The zero-order valence-electron chi connectivity index (χ0n) is 18.8. The number of carbonyl (C=O) groups excluding carboxylic acids is 1. The minimum atomic E-state index is -0.365. The summed E-state index contributed by atoms with van der Waals surface area (Å²) in [5.41, 5.74) is 2.21. The summed E-state index contributed by atoms with van der Waals surface area (Å²) in [6, 6.07) is 11.3. The quantitative estimate of drug-likeness (QED) is 0.461. The summed E-state index contributed by atoms with van der Waals surface area (Å²) in [6.45, 7) is 10.3. The lowest BCUT2D eigenvalue weighted by Gasteiger charge is -2.39. The van der Waals surface area contributed by atoms with E-state index in [1.54, 1.807) is 4.57 Å². The number of ketones is 1. The Bertz CT molecular complexity index is 1300. The van der Waals surface area contributed by atoms with Crippen LogP contribution in [-0.4, -0.2) is 34.1 Å². The Hall–Kier alpha value is -2.48. The topological polar surface area (TPSA) is 67.2 Å². The summed E-state index contributed by atoms with van der Waals surface area (Å²) in [5.74, 6) is 0.739. The van der Waals surface area contributed by atoms with Gasteiger partial charge in [-0.1, -0.05) is 50.2 Å². The van der Waals surface area contributed by atoms with Crippen molar-refractivity contribution in [3.63, 3.8) is 0 Å². The van der Waals surface area contributed by atoms with Crippen molar-refractivity contribution in [1.29, 1.82) is 0 Å². The molecule has 2 aromatic carbocycles. The van der Waals surface area contributed by atoms with E-state index >= 15 is 0 Å². The Labute approximate surface area is 206 Å². The number of carbonyl (C=O) groups is 1. The van der Waals surface area contributed by atoms with E-state index in [1.807, 2.05) is 48.2 Å². The zero-order chi connectivity index (χ0) is 23.9. The lowest BCUT2D eigenvalue weighted by atomic mass is 10.0. The first-order valence-electron chi connectivity index (χ1n) is 10.9. The van der Waals surface area contributed by atoms with Crippen molar-refractivity contribution in [2.45, 2.75) is 45.3 Å². The third-order valence-corrected chi connectivity index (χ3v) is 7.30. The molecule has 1 unspecified atom stereocenters. The fourth-order valence-corrected chi connectivity index (χ4v) is 4.91. The van der Waals surface area contributed by atoms with Crippen molar-refractivity contribution >= 4 is 50.0 Å². The van der Waals surface area contributed by atoms with Crippen molar-refractivity contribution in [2.24, 2.45) is 0 Å². The van der Waals surface area contributed by atoms with Crippen LogP contribution in [0.25, 0.3) is 16.6 Å². The number of hydrogen-bond donors (Lipinski definition) is 1. The molecule has 33 heavy (non-hydrogen) atoms. The van der Waals surface area contributed by atoms with Gasteiger partial charge >= 0.3 is 5.69 Å². The largest absolute Gasteiger partial charge is 0.354 e. The summed E-state index contributed by atoms with van der Waals surface area (Å²) >= 11 is 10.0. The molecule has 1 saturated heterocycles. The van der Waals surface area contributed by atoms with E-state index in [0.717, 1.165) is 16.6 Å². The maximum Gasteiger partial charge on any atom is 0.354 e. The molecule has 0 aliphatic carbocycles. The number of fused-ring (bicyclic) bond motifs is 1. The van der Waals surface area contributed by atoms with Gasteiger partial charge in [0.25, 0.3) is 0 Å². The van der Waals surface area contributed by atoms with Gasteiger partial charge in [-0.25, -0.2) is 4.79 Å². The van der Waals surface area contributed by atoms with E-state index in [9.17, 15) is 9.59 Å². The average Bonchev–Trinajstić information content (AvgIpc) is 2.79. The third kappa shape index (κ3) is 4.37. The minimum Gasteiger partial charge on any atom is -0.341 e. The minimum absolute atomic E-state index is 0.0352. The first kappa shape index (κ1) is 23.7. The highest BCUT2D eigenvalue weighted by molar-refractivity contribution is 9.10. The maximum atomic E-state index is 13.5. The number of anilines is 1. The van der Waals surface area contributed by atoms with Crippen LogP contribution < -0.4 is 15.9 Å². The Kier molecular flexibility index (Phi) is 6.75. The van der Waals surface area contributed by atoms with Crippen molar-refractivity contribution < 1.29 is 4.79 Å². The molecular formula is C25H26BrClN4O2. The monoisotopic (exact) mass is 528 g/mol. The Morgan fingerprint density at radius 3 is 2.73 bits per heavy atom. The normalized spacial score (nSPS) is 18.7. The van der Waals surface area contributed by atoms with Gasteiger partial charge in [-0.15, -0.1) is 0 Å². The second-order valence-corrected chi connectivity index (χ2v) is 9.80. The second kappa shape index (κ2) is 9.41. The molecule has 2 heterocycles. The highest BCUT2D eigenvalue weighted by atomic mass is 79.9. The van der Waals surface area contributed by atoms with Gasteiger partial charge in [0.05, 0.1) is 28.4 Å². The molecule has 1 aliphatic rings. The van der Waals surface area contributed by atoms with E-state index in [4.69, 9.17) is 11.6 Å². The molecule has 8 heteroatoms. The third-order valence-electron chi connectivity index (χ3n) is 6.10. The molecule has 0 radical (unpaired) electrons. The van der Waals surface area contributed by atoms with Crippen LogP contribution in [0.5, 0.6) is 0 Å². The van der Waals surface area contributed by atoms with Crippen LogP contribution in [-0.2, 0) is 4.79 Å². The summed E-state index contributed by atoms with van der Waals surface area (Å²) in [4.78, 5) is 32.1. The van der Waals surface area contributed by atoms with Crippen LogP contribution in [0.2, 0.25) is 5.02 Å². The Balaban J connectivity index is 1.93. The van der Waals surface area contributed by atoms with E-state index in [0.29, 0.717) is 33.8 Å². The molecule has 0 saturated carbocycles. The molecule has 2 atom stereocenters. The highest BCUT2D eigenvalue weighted by Crippen LogP contribution is 2.35. The fraction of sp³-hybridized carbons (Fsp3) is 0.320. The van der Waals surface area contributed by atoms with Crippen LogP contribution >= 0.6 is 27.5 Å². The molecule has 1 aromatic heterocycles. The molecule has 0 spiro atoms. The summed E-state index contributed by atoms with van der Waals surface area (Å²) in [5, 5.41) is 4.61. The number of benzene rings is 2. The molecule has 6 nitrogen and oxygen atoms in total. The van der Waals surface area contributed by atoms with Crippen molar-refractivity contribution in [3.05, 3.63) is 74.6 Å². The fourth-order valence-electron chi connectivity index (χ4n) is 4.42. The first-order valence-corrected chi connectivity index (χ1v) is 12.1. The van der Waals surface area contributed by atoms with E-state index in [-0.39, 0.29) is 29.6 Å². The standard InChI is InChI=1S/C25H26BrClN4O2/c1-5-23(32)20-10-11-30(15(4)28-20)24-17-12-19(27)18(26)13-22(17)31(25(33)29-24)21-9-7-6-8-16(21)14(2)3/h5-9,12-15,20,28H,1,10-11H2,2-4H3/t15-,20?/m0/s1. The number of halogens is 2. The molecule has 1 fully saturated rings. The lowest BCUT2D eigenvalue weighted by molar-refractivity contribution is -0.117. The van der Waals surface area contributed by atoms with E-state index in [2.05, 4.69) is 46.7 Å². The van der Waals surface area contributed by atoms with Gasteiger partial charge in [0.1, 0.15) is 5.82 Å². The van der Waals surface area contributed by atoms with Crippen molar-refractivity contribution in [2.75, 3.05) is 11.4 Å². The van der Waals surface area contributed by atoms with Gasteiger partial charge in [-0.05, 0) is 65.0 Å². The van der Waals surface area contributed by atoms with Gasteiger partial charge in [-0.2, -0.15) is 4.98 Å². The number of rotatable bonds is 5. The smallest absolute Gasteiger partial charge is 0.341 e. The number of para-hydroxylation sites is 1. The van der Waals surface area contributed by atoms with Crippen molar-refractivity contribution in [1.82, 2.24) is 14.9 Å². The van der Waals surface area contributed by atoms with Crippen LogP contribution in [0.4, 0.5) is 5.82 Å². The predicted molar refractivity (Wildman–Crippen MR) is 138 cm³/mol. The first-order chi connectivity index (χ1) is 15.7. The van der Waals surface area contributed by atoms with E-state index < -0.39 is 0 Å². The zero-order valence-corrected chi connectivity index (χ0v) is 21.2. The number of hydrogen-bond acceptors (Lipinski definition) is 5. The SMILES string of the molecule is C=CC(=O)C1CCN(c2nc(=O)n(-c3ccccc3C(C)C)c3cc(Br)c(Cl)cc23)[C@@H](C)N1. The van der Waals surface area contributed by atoms with Gasteiger partial charge in [-0.3, -0.25) is 14.7 Å². The lowest BCUT2D eigenvalue weighted by Crippen LogP contribution is -2.57. The van der Waals surface area contributed by atoms with Crippen molar-refractivity contribution in [3.8, 4) is 5.69 Å². The van der Waals surface area contributed by atoms with Crippen LogP contribution in [0.15, 0.2) is 58.3 Å². The second-order valence-electron chi connectivity index (χ2n) is 8.53. The Morgan fingerprint density at radius 2 is 2.06 bits per heavy atom. The summed E-state index contributed by atoms with van der Waals surface area (Å²) in [6.07, 6.45) is 1.73. The van der Waals surface area contributed by atoms with Gasteiger partial charge in [0.2, 0.25) is 0 Å². The van der Waals surface area contributed by atoms with Crippen LogP contribution in [0, 0.1) is 0 Å². The molecule has 3 aromatic rings. The maximum absolute atomic E-state index is 13.5. The number of nitrogens with zero attached hydrogens (tertiary/aromatic N) is 3. The molecular weight excluding hydrogens is 504 g/mol. The van der Waals surface area contributed by atoms with Gasteiger partial charge < -0.3 is 4.90 Å². The Morgan fingerprint density at radius 1 is 1.33 bits per heavy atom. The van der Waals surface area contributed by atoms with Gasteiger partial charge in [0, 0.05) is 16.4 Å². The molecule has 1 N–H and O–H groups in total. The predicted octanol–water partition coefficient (Wildman–Crippen LogP) is 5.19. The van der Waals surface area contributed by atoms with Crippen LogP contribution in [0.3, 0.4) is 0 Å². The molecule has 172 valence electrons. The molecule has 0 bridgehead atoms. The van der Waals surface area contributed by atoms with Gasteiger partial charge in [0.15, 0.2) is 5.78 Å². The summed E-state index contributed by atoms with van der Waals surface area (Å²) < 4.78 is 2.35. The molecule has 0 amide bonds. The average molecular weight is 530 g/mol. The summed E-state index contributed by atoms with van der Waals surface area (Å²) in [7, 11) is 0. The number of nitrogens with one attached hydrogen (secondary N) is 1.